The average Bonchev–Trinajstić information content (AvgIpc) is 2.27. The van der Waals surface area contributed by atoms with Gasteiger partial charge in [-0.15, -0.1) is 0 Å². The van der Waals surface area contributed by atoms with Gasteiger partial charge in [-0.25, -0.2) is 0 Å². The summed E-state index contributed by atoms with van der Waals surface area (Å²) < 4.78 is 0. The molecule has 0 radical (unpaired) electrons. The van der Waals surface area contributed by atoms with Crippen molar-refractivity contribution in [2.45, 2.75) is 25.9 Å². The molecule has 0 aromatic heterocycles. The van der Waals surface area contributed by atoms with Gasteiger partial charge in [0.25, 0.3) is 0 Å². The number of nitrogens with two attached hydrogens (primary N) is 1. The first-order chi connectivity index (χ1) is 7.04. The zero-order valence-corrected chi connectivity index (χ0v) is 10.3. The van der Waals surface area contributed by atoms with Crippen LogP contribution in [-0.2, 0) is 0 Å². The quantitative estimate of drug-likeness (QED) is 0.793. The Morgan fingerprint density at radius 2 is 1.80 bits per heavy atom. The molecule has 0 saturated heterocycles. The summed E-state index contributed by atoms with van der Waals surface area (Å²) in [6.07, 6.45) is 0. The van der Waals surface area contributed by atoms with Gasteiger partial charge in [-0.2, -0.15) is 0 Å². The lowest BCUT2D eigenvalue weighted by Gasteiger charge is -2.30. The van der Waals surface area contributed by atoms with E-state index in [-0.39, 0.29) is 6.04 Å². The molecule has 3 heteroatoms. The van der Waals surface area contributed by atoms with E-state index in [1.54, 1.807) is 0 Å². The average molecular weight is 222 g/mol. The molecule has 0 aliphatic heterocycles. The van der Waals surface area contributed by atoms with Crippen molar-refractivity contribution in [2.24, 2.45) is 5.73 Å². The van der Waals surface area contributed by atoms with Gasteiger partial charge < -0.3 is 5.73 Å². The molecule has 0 spiro atoms. The van der Waals surface area contributed by atoms with E-state index in [1.807, 2.05) is 32.2 Å². The van der Waals surface area contributed by atoms with Gasteiger partial charge >= 0.3 is 0 Å². The third kappa shape index (κ3) is 3.01. The maximum absolute atomic E-state index is 5.64. The predicted octanol–water partition coefficient (Wildman–Crippen LogP) is 2.35. The number of hydrogen-bond acceptors (Lipinski definition) is 2. The van der Waals surface area contributed by atoms with Gasteiger partial charge in [0.15, 0.2) is 0 Å². The first kappa shape index (κ1) is 12.1. The molecule has 2 unspecified atom stereocenters. The number of rotatable bonds is 4. The van der Waals surface area contributed by atoms with Crippen LogP contribution in [0.2, 0.25) is 0 Å². The highest BCUT2D eigenvalue weighted by molar-refractivity contribution is 7.80. The summed E-state index contributed by atoms with van der Waals surface area (Å²) in [6, 6.07) is 10.8. The molecule has 1 aromatic rings. The molecule has 0 fully saturated rings. The maximum Gasteiger partial charge on any atom is 0.0899 e. The first-order valence-corrected chi connectivity index (χ1v) is 5.51. The molecular weight excluding hydrogens is 204 g/mol. The van der Waals surface area contributed by atoms with E-state index < -0.39 is 0 Å². The molecule has 2 N–H and O–H groups in total. The molecule has 0 saturated carbocycles. The molecule has 0 amide bonds. The Balaban J connectivity index is 2.77. The van der Waals surface area contributed by atoms with Gasteiger partial charge in [-0.05, 0) is 26.5 Å². The van der Waals surface area contributed by atoms with E-state index in [2.05, 4.69) is 24.0 Å². The molecule has 2 atom stereocenters. The summed E-state index contributed by atoms with van der Waals surface area (Å²) in [7, 11) is 2.04. The smallest absolute Gasteiger partial charge is 0.0899 e. The van der Waals surface area contributed by atoms with Crippen LogP contribution in [0.25, 0.3) is 0 Å². The van der Waals surface area contributed by atoms with Gasteiger partial charge in [0, 0.05) is 6.04 Å². The van der Waals surface area contributed by atoms with Crippen LogP contribution in [0, 0.1) is 0 Å². The van der Waals surface area contributed by atoms with Crippen molar-refractivity contribution in [3.8, 4) is 0 Å². The highest BCUT2D eigenvalue weighted by atomic mass is 32.1. The number of hydrogen-bond donors (Lipinski definition) is 1. The second kappa shape index (κ2) is 5.24. The molecular formula is C12H18N2S. The third-order valence-electron chi connectivity index (χ3n) is 2.92. The normalized spacial score (nSPS) is 14.9. The SMILES string of the molecule is CC(C(N)=S)N(C)C(C)c1ccccc1. The second-order valence-electron chi connectivity index (χ2n) is 3.83. The van der Waals surface area contributed by atoms with Crippen LogP contribution in [0.3, 0.4) is 0 Å². The lowest BCUT2D eigenvalue weighted by atomic mass is 10.1. The zero-order valence-electron chi connectivity index (χ0n) is 9.47. The van der Waals surface area contributed by atoms with Gasteiger partial charge in [0.2, 0.25) is 0 Å². The van der Waals surface area contributed by atoms with Crippen molar-refractivity contribution < 1.29 is 0 Å². The van der Waals surface area contributed by atoms with Crippen molar-refractivity contribution >= 4 is 17.2 Å². The van der Waals surface area contributed by atoms with Gasteiger partial charge in [0.05, 0.1) is 11.0 Å². The maximum atomic E-state index is 5.64. The molecule has 1 rings (SSSR count). The summed E-state index contributed by atoms with van der Waals surface area (Å²) in [6.45, 7) is 4.19. The van der Waals surface area contributed by atoms with Crippen LogP contribution >= 0.6 is 12.2 Å². The number of nitrogens with zero attached hydrogens (tertiary/aromatic N) is 1. The Kier molecular flexibility index (Phi) is 4.24. The van der Waals surface area contributed by atoms with Gasteiger partial charge in [0.1, 0.15) is 0 Å². The lowest BCUT2D eigenvalue weighted by molar-refractivity contribution is 0.242. The summed E-state index contributed by atoms with van der Waals surface area (Å²) in [5.41, 5.74) is 6.92. The molecule has 82 valence electrons. The Hall–Kier alpha value is -0.930. The minimum absolute atomic E-state index is 0.121. The molecule has 1 aromatic carbocycles. The van der Waals surface area contributed by atoms with Crippen LogP contribution in [0.4, 0.5) is 0 Å². The highest BCUT2D eigenvalue weighted by Gasteiger charge is 2.18. The Bertz CT molecular complexity index is 324. The largest absolute Gasteiger partial charge is 0.392 e. The van der Waals surface area contributed by atoms with Crippen molar-refractivity contribution in [3.05, 3.63) is 35.9 Å². The fourth-order valence-corrected chi connectivity index (χ4v) is 1.67. The van der Waals surface area contributed by atoms with E-state index in [0.717, 1.165) is 0 Å². The van der Waals surface area contributed by atoms with Crippen LogP contribution in [0.5, 0.6) is 0 Å². The standard InChI is InChI=1S/C12H18N2S/c1-9(11-7-5-4-6-8-11)14(3)10(2)12(13)15/h4-10H,1-3H3,(H2,13,15). The van der Waals surface area contributed by atoms with Crippen molar-refractivity contribution in [1.29, 1.82) is 0 Å². The van der Waals surface area contributed by atoms with Crippen LogP contribution in [-0.4, -0.2) is 23.0 Å². The summed E-state index contributed by atoms with van der Waals surface area (Å²) >= 11 is 5.00. The molecule has 2 nitrogen and oxygen atoms in total. The summed E-state index contributed by atoms with van der Waals surface area (Å²) in [5.74, 6) is 0. The van der Waals surface area contributed by atoms with Crippen LogP contribution in [0.1, 0.15) is 25.5 Å². The summed E-state index contributed by atoms with van der Waals surface area (Å²) in [5, 5.41) is 0. The minimum atomic E-state index is 0.121. The molecule has 0 aliphatic rings. The minimum Gasteiger partial charge on any atom is -0.392 e. The highest BCUT2D eigenvalue weighted by Crippen LogP contribution is 2.20. The number of likely N-dealkylation sites (N-methyl/N-ethyl adjacent to an activating group) is 1. The molecule has 0 bridgehead atoms. The number of thiocarbonyl (C=S) groups is 1. The Morgan fingerprint density at radius 1 is 1.27 bits per heavy atom. The Labute approximate surface area is 97.1 Å². The molecule has 0 aliphatic carbocycles. The topological polar surface area (TPSA) is 29.3 Å². The summed E-state index contributed by atoms with van der Waals surface area (Å²) in [4.78, 5) is 2.72. The zero-order chi connectivity index (χ0) is 11.4. The van der Waals surface area contributed by atoms with Crippen molar-refractivity contribution in [3.63, 3.8) is 0 Å². The van der Waals surface area contributed by atoms with E-state index in [0.29, 0.717) is 11.0 Å². The molecule has 15 heavy (non-hydrogen) atoms. The van der Waals surface area contributed by atoms with E-state index >= 15 is 0 Å². The van der Waals surface area contributed by atoms with E-state index in [1.165, 1.54) is 5.56 Å². The van der Waals surface area contributed by atoms with E-state index in [9.17, 15) is 0 Å². The van der Waals surface area contributed by atoms with Crippen LogP contribution in [0.15, 0.2) is 30.3 Å². The second-order valence-corrected chi connectivity index (χ2v) is 4.30. The monoisotopic (exact) mass is 222 g/mol. The van der Waals surface area contributed by atoms with Gasteiger partial charge in [-0.3, -0.25) is 4.90 Å². The van der Waals surface area contributed by atoms with Gasteiger partial charge in [-0.1, -0.05) is 42.5 Å². The van der Waals surface area contributed by atoms with Crippen molar-refractivity contribution in [1.82, 2.24) is 4.90 Å². The third-order valence-corrected chi connectivity index (χ3v) is 3.26. The fraction of sp³-hybridized carbons (Fsp3) is 0.417. The molecule has 0 heterocycles. The first-order valence-electron chi connectivity index (χ1n) is 5.10. The van der Waals surface area contributed by atoms with Crippen molar-refractivity contribution in [2.75, 3.05) is 7.05 Å². The van der Waals surface area contributed by atoms with Crippen LogP contribution < -0.4 is 5.73 Å². The lowest BCUT2D eigenvalue weighted by Crippen LogP contribution is -2.40. The predicted molar refractivity (Wildman–Crippen MR) is 68.9 cm³/mol. The Morgan fingerprint density at radius 3 is 2.27 bits per heavy atom. The van der Waals surface area contributed by atoms with E-state index in [4.69, 9.17) is 18.0 Å². The number of benzene rings is 1. The fourth-order valence-electron chi connectivity index (χ4n) is 1.50.